The van der Waals surface area contributed by atoms with Crippen LogP contribution in [0.2, 0.25) is 0 Å². The monoisotopic (exact) mass is 350 g/mol. The fourth-order valence-corrected chi connectivity index (χ4v) is 3.84. The molecule has 1 aliphatic rings. The van der Waals surface area contributed by atoms with Crippen LogP contribution in [0.15, 0.2) is 23.1 Å². The average Bonchev–Trinajstić information content (AvgIpc) is 2.88. The standard InChI is InChI=1S/C14H22N2O4S.ClH/c1-3-19-13-6-5-12(9-14(13)20-4-2)21(17,18)16-8-7-11(15)10-16;/h5-6,9,11H,3-4,7-8,10,15H2,1-2H3;1H/t11-;/m0./s1. The summed E-state index contributed by atoms with van der Waals surface area (Å²) >= 11 is 0. The number of rotatable bonds is 6. The molecule has 0 spiro atoms. The summed E-state index contributed by atoms with van der Waals surface area (Å²) in [5, 5.41) is 0. The van der Waals surface area contributed by atoms with Gasteiger partial charge in [-0.3, -0.25) is 0 Å². The Morgan fingerprint density at radius 1 is 1.23 bits per heavy atom. The van der Waals surface area contributed by atoms with Gasteiger partial charge in [-0.2, -0.15) is 4.31 Å². The first-order valence-electron chi connectivity index (χ1n) is 7.14. The summed E-state index contributed by atoms with van der Waals surface area (Å²) in [6.07, 6.45) is 0.689. The lowest BCUT2D eigenvalue weighted by Crippen LogP contribution is -2.32. The SMILES string of the molecule is CCOc1ccc(S(=O)(=O)N2CC[C@H](N)C2)cc1OCC.Cl. The molecule has 1 aromatic carbocycles. The third kappa shape index (κ3) is 4.04. The minimum absolute atomic E-state index is 0. The summed E-state index contributed by atoms with van der Waals surface area (Å²) in [4.78, 5) is 0.212. The Hall–Kier alpha value is -1.02. The Morgan fingerprint density at radius 2 is 1.86 bits per heavy atom. The Kier molecular flexibility index (Phi) is 6.93. The predicted molar refractivity (Wildman–Crippen MR) is 87.4 cm³/mol. The third-order valence-electron chi connectivity index (χ3n) is 3.34. The molecular weight excluding hydrogens is 328 g/mol. The number of hydrogen-bond donors (Lipinski definition) is 1. The van der Waals surface area contributed by atoms with Crippen molar-refractivity contribution in [1.82, 2.24) is 4.31 Å². The second-order valence-electron chi connectivity index (χ2n) is 4.89. The Morgan fingerprint density at radius 3 is 2.41 bits per heavy atom. The molecule has 1 heterocycles. The minimum Gasteiger partial charge on any atom is -0.490 e. The van der Waals surface area contributed by atoms with Gasteiger partial charge >= 0.3 is 0 Å². The normalized spacial score (nSPS) is 18.8. The van der Waals surface area contributed by atoms with Crippen molar-refractivity contribution in [3.63, 3.8) is 0 Å². The van der Waals surface area contributed by atoms with E-state index in [0.29, 0.717) is 44.2 Å². The number of halogens is 1. The summed E-state index contributed by atoms with van der Waals surface area (Å²) in [5.74, 6) is 1.00. The third-order valence-corrected chi connectivity index (χ3v) is 5.20. The zero-order chi connectivity index (χ0) is 15.5. The van der Waals surface area contributed by atoms with Crippen molar-refractivity contribution >= 4 is 22.4 Å². The lowest BCUT2D eigenvalue weighted by atomic mass is 10.3. The van der Waals surface area contributed by atoms with Crippen LogP contribution in [0.5, 0.6) is 11.5 Å². The lowest BCUT2D eigenvalue weighted by Gasteiger charge is -2.18. The predicted octanol–water partition coefficient (Wildman–Crippen LogP) is 1.63. The zero-order valence-electron chi connectivity index (χ0n) is 12.8. The van der Waals surface area contributed by atoms with Crippen LogP contribution in [-0.4, -0.2) is 45.1 Å². The van der Waals surface area contributed by atoms with E-state index in [-0.39, 0.29) is 23.3 Å². The smallest absolute Gasteiger partial charge is 0.243 e. The molecule has 1 aromatic rings. The summed E-state index contributed by atoms with van der Waals surface area (Å²) in [5.41, 5.74) is 5.79. The first kappa shape index (κ1) is 19.0. The van der Waals surface area contributed by atoms with Gasteiger partial charge in [-0.25, -0.2) is 8.42 Å². The van der Waals surface area contributed by atoms with Crippen LogP contribution in [0.3, 0.4) is 0 Å². The summed E-state index contributed by atoms with van der Waals surface area (Å²) in [6, 6.07) is 4.62. The maximum atomic E-state index is 12.6. The first-order valence-corrected chi connectivity index (χ1v) is 8.58. The van der Waals surface area contributed by atoms with Crippen molar-refractivity contribution in [2.75, 3.05) is 26.3 Å². The molecule has 0 radical (unpaired) electrons. The van der Waals surface area contributed by atoms with Crippen molar-refractivity contribution in [3.05, 3.63) is 18.2 Å². The van der Waals surface area contributed by atoms with Crippen LogP contribution in [-0.2, 0) is 10.0 Å². The van der Waals surface area contributed by atoms with Gasteiger partial charge in [-0.15, -0.1) is 12.4 Å². The van der Waals surface area contributed by atoms with Crippen molar-refractivity contribution in [2.24, 2.45) is 5.73 Å². The van der Waals surface area contributed by atoms with Gasteiger partial charge in [0.05, 0.1) is 18.1 Å². The molecule has 0 amide bonds. The van der Waals surface area contributed by atoms with E-state index in [1.807, 2.05) is 13.8 Å². The van der Waals surface area contributed by atoms with E-state index in [1.165, 1.54) is 10.4 Å². The van der Waals surface area contributed by atoms with Gasteiger partial charge in [0.15, 0.2) is 11.5 Å². The molecule has 0 unspecified atom stereocenters. The molecule has 1 saturated heterocycles. The molecule has 0 saturated carbocycles. The molecular formula is C14H23ClN2O4S. The molecule has 6 nitrogen and oxygen atoms in total. The highest BCUT2D eigenvalue weighted by molar-refractivity contribution is 7.89. The fraction of sp³-hybridized carbons (Fsp3) is 0.571. The lowest BCUT2D eigenvalue weighted by molar-refractivity contribution is 0.287. The van der Waals surface area contributed by atoms with E-state index >= 15 is 0 Å². The molecule has 2 rings (SSSR count). The van der Waals surface area contributed by atoms with Crippen molar-refractivity contribution < 1.29 is 17.9 Å². The molecule has 1 atom stereocenters. The molecule has 8 heteroatoms. The second-order valence-corrected chi connectivity index (χ2v) is 6.82. The number of nitrogens with zero attached hydrogens (tertiary/aromatic N) is 1. The van der Waals surface area contributed by atoms with Crippen LogP contribution in [0.4, 0.5) is 0 Å². The maximum absolute atomic E-state index is 12.6. The van der Waals surface area contributed by atoms with E-state index in [2.05, 4.69) is 0 Å². The molecule has 2 N–H and O–H groups in total. The summed E-state index contributed by atoms with van der Waals surface area (Å²) < 4.78 is 37.5. The van der Waals surface area contributed by atoms with E-state index in [9.17, 15) is 8.42 Å². The van der Waals surface area contributed by atoms with E-state index in [1.54, 1.807) is 12.1 Å². The maximum Gasteiger partial charge on any atom is 0.243 e. The second kappa shape index (κ2) is 8.01. The molecule has 126 valence electrons. The van der Waals surface area contributed by atoms with Gasteiger partial charge in [0.1, 0.15) is 0 Å². The summed E-state index contributed by atoms with van der Waals surface area (Å²) in [6.45, 7) is 5.47. The fourth-order valence-electron chi connectivity index (χ4n) is 2.31. The number of ether oxygens (including phenoxy) is 2. The molecule has 0 bridgehead atoms. The average molecular weight is 351 g/mol. The highest BCUT2D eigenvalue weighted by Crippen LogP contribution is 2.32. The van der Waals surface area contributed by atoms with Gasteiger partial charge in [0, 0.05) is 25.2 Å². The van der Waals surface area contributed by atoms with Crippen molar-refractivity contribution in [1.29, 1.82) is 0 Å². The number of sulfonamides is 1. The van der Waals surface area contributed by atoms with Gasteiger partial charge in [0.2, 0.25) is 10.0 Å². The molecule has 1 aliphatic heterocycles. The van der Waals surface area contributed by atoms with E-state index in [0.717, 1.165) is 0 Å². The Balaban J connectivity index is 0.00000242. The van der Waals surface area contributed by atoms with E-state index in [4.69, 9.17) is 15.2 Å². The highest BCUT2D eigenvalue weighted by atomic mass is 35.5. The highest BCUT2D eigenvalue weighted by Gasteiger charge is 2.31. The van der Waals surface area contributed by atoms with E-state index < -0.39 is 10.0 Å². The van der Waals surface area contributed by atoms with Gasteiger partial charge in [0.25, 0.3) is 0 Å². The Bertz CT molecular complexity index is 595. The van der Waals surface area contributed by atoms with Gasteiger partial charge in [-0.05, 0) is 32.4 Å². The largest absolute Gasteiger partial charge is 0.490 e. The van der Waals surface area contributed by atoms with Gasteiger partial charge in [-0.1, -0.05) is 0 Å². The quantitative estimate of drug-likeness (QED) is 0.843. The Labute approximate surface area is 138 Å². The van der Waals surface area contributed by atoms with Crippen molar-refractivity contribution in [3.8, 4) is 11.5 Å². The van der Waals surface area contributed by atoms with Gasteiger partial charge < -0.3 is 15.2 Å². The van der Waals surface area contributed by atoms with Crippen LogP contribution in [0, 0.1) is 0 Å². The molecule has 22 heavy (non-hydrogen) atoms. The summed E-state index contributed by atoms with van der Waals surface area (Å²) in [7, 11) is -3.53. The number of nitrogens with two attached hydrogens (primary N) is 1. The van der Waals surface area contributed by atoms with Crippen LogP contribution in [0.1, 0.15) is 20.3 Å². The van der Waals surface area contributed by atoms with Crippen molar-refractivity contribution in [2.45, 2.75) is 31.2 Å². The molecule has 1 fully saturated rings. The molecule has 0 aliphatic carbocycles. The molecule has 0 aromatic heterocycles. The topological polar surface area (TPSA) is 81.9 Å². The zero-order valence-corrected chi connectivity index (χ0v) is 14.5. The number of hydrogen-bond acceptors (Lipinski definition) is 5. The number of benzene rings is 1. The minimum atomic E-state index is -3.53. The van der Waals surface area contributed by atoms with Crippen LogP contribution >= 0.6 is 12.4 Å². The van der Waals surface area contributed by atoms with Crippen LogP contribution < -0.4 is 15.2 Å². The van der Waals surface area contributed by atoms with Crippen LogP contribution in [0.25, 0.3) is 0 Å². The first-order chi connectivity index (χ1) is 9.98.